The van der Waals surface area contributed by atoms with Crippen molar-refractivity contribution in [3.8, 4) is 0 Å². The number of nitrogens with two attached hydrogens (primary N) is 2. The van der Waals surface area contributed by atoms with Crippen LogP contribution in [0.5, 0.6) is 0 Å². The third-order valence-corrected chi connectivity index (χ3v) is 6.01. The van der Waals surface area contributed by atoms with E-state index in [1.807, 2.05) is 0 Å². The molecule has 122 valence electrons. The summed E-state index contributed by atoms with van der Waals surface area (Å²) >= 11 is 0. The van der Waals surface area contributed by atoms with Crippen molar-refractivity contribution in [3.05, 3.63) is 18.0 Å². The zero-order valence-electron chi connectivity index (χ0n) is 12.5. The minimum absolute atomic E-state index is 0.0132. The molecule has 0 unspecified atom stereocenters. The fourth-order valence-electron chi connectivity index (χ4n) is 2.70. The van der Waals surface area contributed by atoms with Gasteiger partial charge in [0.1, 0.15) is 10.6 Å². The van der Waals surface area contributed by atoms with Gasteiger partial charge in [0.15, 0.2) is 0 Å². The highest BCUT2D eigenvalue weighted by Gasteiger charge is 2.37. The van der Waals surface area contributed by atoms with Gasteiger partial charge < -0.3 is 16.0 Å². The number of rotatable bonds is 4. The topological polar surface area (TPSA) is 128 Å². The summed E-state index contributed by atoms with van der Waals surface area (Å²) in [7, 11) is -2.27. The molecule has 8 nitrogen and oxygen atoms in total. The van der Waals surface area contributed by atoms with Gasteiger partial charge in [-0.15, -0.1) is 0 Å². The average molecular weight is 328 g/mol. The van der Waals surface area contributed by atoms with E-state index in [9.17, 15) is 18.0 Å². The molecule has 22 heavy (non-hydrogen) atoms. The fourth-order valence-corrected chi connectivity index (χ4v) is 4.48. The maximum absolute atomic E-state index is 12.8. The molecule has 0 saturated carbocycles. The lowest BCUT2D eigenvalue weighted by molar-refractivity contribution is -0.123. The van der Waals surface area contributed by atoms with Gasteiger partial charge in [-0.3, -0.25) is 9.59 Å². The van der Waals surface area contributed by atoms with Crippen LogP contribution >= 0.6 is 0 Å². The van der Waals surface area contributed by atoms with Crippen molar-refractivity contribution < 1.29 is 18.0 Å². The quantitative estimate of drug-likeness (QED) is 0.764. The van der Waals surface area contributed by atoms with Crippen molar-refractivity contribution >= 4 is 21.8 Å². The third-order valence-electron chi connectivity index (χ3n) is 4.07. The molecule has 1 aliphatic rings. The molecule has 2 rings (SSSR count). The summed E-state index contributed by atoms with van der Waals surface area (Å²) in [5.74, 6) is -1.70. The van der Waals surface area contributed by atoms with Crippen molar-refractivity contribution in [1.82, 2.24) is 8.87 Å². The van der Waals surface area contributed by atoms with Gasteiger partial charge in [0.2, 0.25) is 15.9 Å². The minimum Gasteiger partial charge on any atom is -0.369 e. The highest BCUT2D eigenvalue weighted by Crippen LogP contribution is 2.28. The summed E-state index contributed by atoms with van der Waals surface area (Å²) in [6.07, 6.45) is 2.47. The smallest absolute Gasteiger partial charge is 0.265 e. The molecule has 1 fully saturated rings. The van der Waals surface area contributed by atoms with Crippen molar-refractivity contribution in [2.45, 2.75) is 30.7 Å². The lowest BCUT2D eigenvalue weighted by atomic mass is 9.95. The Labute approximate surface area is 129 Å². The highest BCUT2D eigenvalue weighted by molar-refractivity contribution is 7.89. The van der Waals surface area contributed by atoms with Crippen LogP contribution in [-0.4, -0.2) is 41.7 Å². The van der Waals surface area contributed by atoms with Crippen LogP contribution in [-0.2, 0) is 21.9 Å². The van der Waals surface area contributed by atoms with E-state index in [-0.39, 0.29) is 23.2 Å². The predicted octanol–water partition coefficient (Wildman–Crippen LogP) is -0.601. The summed E-state index contributed by atoms with van der Waals surface area (Å²) in [4.78, 5) is 22.6. The van der Waals surface area contributed by atoms with Crippen molar-refractivity contribution in [3.63, 3.8) is 0 Å². The van der Waals surface area contributed by atoms with E-state index < -0.39 is 27.8 Å². The SMILES string of the molecule is C[C@H]1CC[C@H](C(N)=O)CN1S(=O)(=O)c1cc(C(N)=O)n(C)c1. The van der Waals surface area contributed by atoms with Crippen LogP contribution in [0, 0.1) is 5.92 Å². The molecule has 0 aromatic carbocycles. The number of carbonyl (C=O) groups is 2. The number of nitrogens with zero attached hydrogens (tertiary/aromatic N) is 2. The highest BCUT2D eigenvalue weighted by atomic mass is 32.2. The molecular weight excluding hydrogens is 308 g/mol. The molecule has 1 aromatic rings. The van der Waals surface area contributed by atoms with E-state index in [2.05, 4.69) is 0 Å². The first-order valence-corrected chi connectivity index (χ1v) is 8.36. The van der Waals surface area contributed by atoms with Gasteiger partial charge in [-0.2, -0.15) is 4.31 Å². The number of hydrogen-bond acceptors (Lipinski definition) is 4. The van der Waals surface area contributed by atoms with E-state index in [1.165, 1.54) is 21.1 Å². The largest absolute Gasteiger partial charge is 0.369 e. The second kappa shape index (κ2) is 5.73. The van der Waals surface area contributed by atoms with Crippen LogP contribution in [0.25, 0.3) is 0 Å². The van der Waals surface area contributed by atoms with Gasteiger partial charge in [-0.05, 0) is 25.8 Å². The fraction of sp³-hybridized carbons (Fsp3) is 0.538. The van der Waals surface area contributed by atoms with Gasteiger partial charge in [0.25, 0.3) is 5.91 Å². The van der Waals surface area contributed by atoms with Crippen LogP contribution in [0.2, 0.25) is 0 Å². The molecule has 2 amide bonds. The standard InChI is InChI=1S/C13H20N4O4S/c1-8-3-4-9(12(14)18)6-17(8)22(20,21)10-5-11(13(15)19)16(2)7-10/h5,7-9H,3-4,6H2,1-2H3,(H2,14,18)(H2,15,19)/t8-,9-/m0/s1. The lowest BCUT2D eigenvalue weighted by Gasteiger charge is -2.35. The molecule has 0 aliphatic carbocycles. The number of aryl methyl sites for hydroxylation is 1. The Kier molecular flexibility index (Phi) is 4.30. The lowest BCUT2D eigenvalue weighted by Crippen LogP contribution is -2.48. The van der Waals surface area contributed by atoms with Crippen LogP contribution in [0.15, 0.2) is 17.2 Å². The Morgan fingerprint density at radius 3 is 2.41 bits per heavy atom. The first kappa shape index (κ1) is 16.5. The molecule has 1 aromatic heterocycles. The molecule has 2 atom stereocenters. The summed E-state index contributed by atoms with van der Waals surface area (Å²) in [6.45, 7) is 1.84. The maximum atomic E-state index is 12.8. The first-order chi connectivity index (χ1) is 10.1. The van der Waals surface area contributed by atoms with Gasteiger partial charge in [-0.25, -0.2) is 8.42 Å². The zero-order chi connectivity index (χ0) is 16.7. The van der Waals surface area contributed by atoms with Crippen LogP contribution in [0.1, 0.15) is 30.3 Å². The Morgan fingerprint density at radius 1 is 1.27 bits per heavy atom. The minimum atomic E-state index is -3.82. The maximum Gasteiger partial charge on any atom is 0.265 e. The Bertz CT molecular complexity index is 710. The zero-order valence-corrected chi connectivity index (χ0v) is 13.3. The molecule has 1 saturated heterocycles. The number of amides is 2. The Morgan fingerprint density at radius 2 is 1.91 bits per heavy atom. The molecule has 9 heteroatoms. The number of primary amides is 2. The molecule has 1 aliphatic heterocycles. The summed E-state index contributed by atoms with van der Waals surface area (Å²) < 4.78 is 28.2. The van der Waals surface area contributed by atoms with E-state index in [0.717, 1.165) is 0 Å². The Balaban J connectivity index is 2.38. The molecular formula is C13H20N4O4S. The number of sulfonamides is 1. The van der Waals surface area contributed by atoms with E-state index in [0.29, 0.717) is 12.8 Å². The second-order valence-corrected chi connectivity index (χ2v) is 7.53. The molecule has 0 spiro atoms. The van der Waals surface area contributed by atoms with Crippen molar-refractivity contribution in [2.24, 2.45) is 24.4 Å². The molecule has 0 bridgehead atoms. The monoisotopic (exact) mass is 328 g/mol. The predicted molar refractivity (Wildman–Crippen MR) is 79.2 cm³/mol. The molecule has 4 N–H and O–H groups in total. The second-order valence-electron chi connectivity index (χ2n) is 5.64. The Hall–Kier alpha value is -1.87. The van der Waals surface area contributed by atoms with Crippen LogP contribution < -0.4 is 11.5 Å². The number of aromatic nitrogens is 1. The molecule has 2 heterocycles. The normalized spacial score (nSPS) is 23.4. The first-order valence-electron chi connectivity index (χ1n) is 6.92. The molecule has 0 radical (unpaired) electrons. The van der Waals surface area contributed by atoms with Crippen LogP contribution in [0.4, 0.5) is 0 Å². The van der Waals surface area contributed by atoms with Crippen LogP contribution in [0.3, 0.4) is 0 Å². The third kappa shape index (κ3) is 2.86. The summed E-state index contributed by atoms with van der Waals surface area (Å²) in [6, 6.07) is 1.01. The van der Waals surface area contributed by atoms with E-state index in [4.69, 9.17) is 11.5 Å². The van der Waals surface area contributed by atoms with E-state index >= 15 is 0 Å². The summed E-state index contributed by atoms with van der Waals surface area (Å²) in [5.41, 5.74) is 10.6. The summed E-state index contributed by atoms with van der Waals surface area (Å²) in [5, 5.41) is 0. The van der Waals surface area contributed by atoms with E-state index in [1.54, 1.807) is 14.0 Å². The van der Waals surface area contributed by atoms with Gasteiger partial charge in [-0.1, -0.05) is 0 Å². The average Bonchev–Trinajstić information content (AvgIpc) is 2.81. The number of piperidine rings is 1. The van der Waals surface area contributed by atoms with Crippen molar-refractivity contribution in [1.29, 1.82) is 0 Å². The number of carbonyl (C=O) groups excluding carboxylic acids is 2. The number of hydrogen-bond donors (Lipinski definition) is 2. The van der Waals surface area contributed by atoms with Gasteiger partial charge in [0, 0.05) is 25.8 Å². The van der Waals surface area contributed by atoms with Gasteiger partial charge in [0.05, 0.1) is 5.92 Å². The van der Waals surface area contributed by atoms with Crippen molar-refractivity contribution in [2.75, 3.05) is 6.54 Å². The van der Waals surface area contributed by atoms with Gasteiger partial charge >= 0.3 is 0 Å².